The maximum Gasteiger partial charge on any atom is 0.471 e. The van der Waals surface area contributed by atoms with Crippen molar-refractivity contribution >= 4 is 53.1 Å². The summed E-state index contributed by atoms with van der Waals surface area (Å²) < 4.78 is 352. The summed E-state index contributed by atoms with van der Waals surface area (Å²) in [5.41, 5.74) is -3.35. The van der Waals surface area contributed by atoms with E-state index in [2.05, 4.69) is 59.1 Å². The van der Waals surface area contributed by atoms with Crippen LogP contribution >= 0.6 is 0 Å². The van der Waals surface area contributed by atoms with Crippen LogP contribution < -0.4 is 18.9 Å². The van der Waals surface area contributed by atoms with Gasteiger partial charge in [0.1, 0.15) is 29.3 Å². The summed E-state index contributed by atoms with van der Waals surface area (Å²) in [5.74, 6) is -18.7. The van der Waals surface area contributed by atoms with Crippen molar-refractivity contribution in [2.24, 2.45) is 36.6 Å². The molecule has 758 valence electrons. The Hall–Kier alpha value is -11.7. The van der Waals surface area contributed by atoms with Crippen molar-refractivity contribution in [1.29, 1.82) is 0 Å². The average molecular weight is 2050 g/mol. The molecule has 139 heavy (non-hydrogen) atoms. The predicted octanol–water partition coefficient (Wildman–Crippen LogP) is 15.3. The largest absolute Gasteiger partial charge is 0.490 e. The van der Waals surface area contributed by atoms with Crippen LogP contribution in [0.3, 0.4) is 0 Å². The maximum absolute atomic E-state index is 13.8. The molecule has 0 spiro atoms. The third kappa shape index (κ3) is 21.5. The summed E-state index contributed by atoms with van der Waals surface area (Å²) in [4.78, 5) is 77.0. The first-order chi connectivity index (χ1) is 63.6. The minimum atomic E-state index is -4.81. The second-order valence-electron chi connectivity index (χ2n) is 36.3. The number of alkyl halides is 18. The number of fused-ring (bicyclic) bond motifs is 4. The van der Waals surface area contributed by atoms with E-state index in [4.69, 9.17) is 23.4 Å². The van der Waals surface area contributed by atoms with Gasteiger partial charge in [0.2, 0.25) is 11.7 Å². The number of hydrogen-bond acceptors (Lipinski definition) is 27. The lowest BCUT2D eigenvalue weighted by atomic mass is 10.1. The molecule has 12 atom stereocenters. The van der Waals surface area contributed by atoms with Gasteiger partial charge in [-0.1, -0.05) is 43.7 Å². The molecule has 9 heterocycles. The number of piperidine rings is 4. The van der Waals surface area contributed by atoms with Crippen molar-refractivity contribution in [3.05, 3.63) is 154 Å². The second-order valence-corrected chi connectivity index (χ2v) is 42.6. The van der Waals surface area contributed by atoms with E-state index in [0.717, 1.165) is 63.7 Å². The number of halogens is 18. The number of sulfone groups is 3. The lowest BCUT2D eigenvalue weighted by Gasteiger charge is -2.25. The molecule has 0 radical (unpaired) electrons. The van der Waals surface area contributed by atoms with E-state index in [1.54, 1.807) is 0 Å². The fraction of sp³-hybridized carbons (Fsp3) is 0.547. The van der Waals surface area contributed by atoms with Crippen LogP contribution in [0.4, 0.5) is 79.0 Å². The number of likely N-dealkylation sites (tertiary alicyclic amines) is 4. The first-order valence-electron chi connectivity index (χ1n) is 42.4. The molecule has 9 aromatic rings. The molecule has 8 fully saturated rings. The normalized spacial score (nSPS) is 23.0. The van der Waals surface area contributed by atoms with E-state index < -0.39 is 159 Å². The Bertz CT molecular complexity index is 6540. The van der Waals surface area contributed by atoms with E-state index in [9.17, 15) is 123 Å². The van der Waals surface area contributed by atoms with E-state index in [1.807, 2.05) is 20.8 Å². The van der Waals surface area contributed by atoms with Crippen LogP contribution in [0.15, 0.2) is 118 Å². The van der Waals surface area contributed by atoms with Gasteiger partial charge in [-0.05, 0) is 156 Å². The van der Waals surface area contributed by atoms with Crippen LogP contribution in [0.25, 0.3) is 11.5 Å². The number of carbonyl (C=O) groups is 4. The third-order valence-corrected chi connectivity index (χ3v) is 29.8. The van der Waals surface area contributed by atoms with Crippen molar-refractivity contribution in [3.63, 3.8) is 0 Å². The monoisotopic (exact) mass is 2050 g/mol. The van der Waals surface area contributed by atoms with Gasteiger partial charge in [0, 0.05) is 98.3 Å². The third-order valence-electron chi connectivity index (χ3n) is 25.9. The van der Waals surface area contributed by atoms with Gasteiger partial charge in [-0.2, -0.15) is 72.7 Å². The van der Waals surface area contributed by atoms with E-state index in [0.29, 0.717) is 56.7 Å². The average Bonchev–Trinajstić information content (AvgIpc) is 1.55. The van der Waals surface area contributed by atoms with E-state index >= 15 is 0 Å². The number of oxazole rings is 1. The van der Waals surface area contributed by atoms with Gasteiger partial charge in [0.05, 0.1) is 76.7 Å². The minimum Gasteiger partial charge on any atom is -0.490 e. The summed E-state index contributed by atoms with van der Waals surface area (Å²) in [6, 6.07) is 15.2. The Morgan fingerprint density at radius 3 is 1.03 bits per heavy atom. The number of benzene rings is 4. The number of aromatic nitrogens is 10. The standard InChI is InChI=1S/C22H19F5N4O4.C21H23F5N4O4S.C21H22F5N3O5S.C21H24F3N3O5S.CH4/c1-11(20(2,23)24)34-15-4-3-12(16-28-5-6-33-16)7-14(15)17(32)31-9-13-8-21(13,10-31)18-29-19(35-30-18)22(25,26)27;1-11(19(2,22)23)34-15-6-5-13(35(4,32)33)7-14(15)16(31)30-9-12-8-20(12,10-30)17-27-18(21(24,25)26)29(3)28-17;1-4-35(31,32)13-5-6-15(33-11(2)19(3,22)23)14(7-13)16(30)29-9-12-8-20(12,10-29)17-27-18(34-28-17)21(24,25)26;1-11(2)12(3)31-16-6-5-14(33(4,29)30)7-15(16)17(28)27-9-13-8-20(13,10-27)18-25-19(32-26-18)21(22,23)24;/h3-7,11,13H,8-10H2,1-2H3;5-7,11-12H,8-10H2,1-4H3;5-7,11-12H,4,8-10H2,1-3H3;5-7,11-13H,8-10H2,1-4H3;1H4. The molecular weight excluding hydrogens is 1960 g/mol. The highest BCUT2D eigenvalue weighted by atomic mass is 32.2. The fourth-order valence-corrected chi connectivity index (χ4v) is 19.0. The number of rotatable bonds is 25. The molecular formula is C86H92F18N14O18S3. The molecule has 8 aliphatic rings. The van der Waals surface area contributed by atoms with Gasteiger partial charge >= 0.3 is 42.4 Å². The fourth-order valence-electron chi connectivity index (χ4n) is 16.8. The first-order valence-corrected chi connectivity index (χ1v) is 47.8. The highest BCUT2D eigenvalue weighted by Crippen LogP contribution is 2.63. The number of aryl methyl sites for hydroxylation is 1. The van der Waals surface area contributed by atoms with Crippen LogP contribution in [0.5, 0.6) is 23.0 Å². The number of nitrogens with zero attached hydrogens (tertiary/aromatic N) is 14. The van der Waals surface area contributed by atoms with Crippen molar-refractivity contribution in [1.82, 2.24) is 69.8 Å². The highest BCUT2D eigenvalue weighted by Gasteiger charge is 2.69. The van der Waals surface area contributed by atoms with E-state index in [1.165, 1.54) is 88.4 Å². The Balaban J connectivity index is 0.000000156. The summed E-state index contributed by atoms with van der Waals surface area (Å²) in [5, 5.41) is 14.4. The second kappa shape index (κ2) is 36.4. The summed E-state index contributed by atoms with van der Waals surface area (Å²) in [6.45, 7) is 13.5. The van der Waals surface area contributed by atoms with Crippen LogP contribution in [-0.2, 0) is 82.9 Å². The quantitative estimate of drug-likeness (QED) is 0.0480. The number of carbonyl (C=O) groups excluding carboxylic acids is 4. The van der Waals surface area contributed by atoms with Crippen molar-refractivity contribution in [2.75, 3.05) is 70.6 Å². The maximum atomic E-state index is 13.8. The van der Waals surface area contributed by atoms with Crippen LogP contribution in [-0.4, -0.2) is 231 Å². The Morgan fingerprint density at radius 2 is 0.748 bits per heavy atom. The molecule has 12 unspecified atom stereocenters. The Morgan fingerprint density at radius 1 is 0.439 bits per heavy atom. The molecule has 32 nitrogen and oxygen atoms in total. The number of hydrogen-bond donors (Lipinski definition) is 0. The molecule has 4 amide bonds. The zero-order valence-electron chi connectivity index (χ0n) is 75.1. The topological polar surface area (TPSA) is 394 Å². The van der Waals surface area contributed by atoms with Crippen molar-refractivity contribution < 1.29 is 160 Å². The van der Waals surface area contributed by atoms with Crippen molar-refractivity contribution in [3.8, 4) is 34.5 Å². The van der Waals surface area contributed by atoms with Crippen LogP contribution in [0, 0.1) is 29.6 Å². The predicted molar refractivity (Wildman–Crippen MR) is 446 cm³/mol. The summed E-state index contributed by atoms with van der Waals surface area (Å²) >= 11 is 0. The minimum absolute atomic E-state index is 0. The van der Waals surface area contributed by atoms with Crippen LogP contribution in [0.2, 0.25) is 0 Å². The molecule has 4 aliphatic heterocycles. The molecule has 4 aromatic carbocycles. The van der Waals surface area contributed by atoms with Crippen LogP contribution in [0.1, 0.15) is 191 Å². The van der Waals surface area contributed by atoms with Gasteiger partial charge in [-0.15, -0.1) is 0 Å². The zero-order valence-corrected chi connectivity index (χ0v) is 77.6. The molecule has 0 bridgehead atoms. The highest BCUT2D eigenvalue weighted by molar-refractivity contribution is 7.91. The molecule has 5 aromatic heterocycles. The van der Waals surface area contributed by atoms with Gasteiger partial charge in [0.25, 0.3) is 41.4 Å². The first kappa shape index (κ1) is 105. The number of amides is 4. The summed E-state index contributed by atoms with van der Waals surface area (Å²) in [7, 11) is -9.91. The van der Waals surface area contributed by atoms with Gasteiger partial charge in [0.15, 0.2) is 71.1 Å². The SMILES string of the molecule is C.CC(C)C(C)Oc1ccc(S(C)(=O)=O)cc1C(=O)N1CC2CC2(c2noc(C(F)(F)F)n2)C1.CC(Oc1ccc(-c2ncco2)cc1C(=O)N1CC2CC2(c2noc(C(F)(F)F)n2)C1)C(C)(F)F.CC(Oc1ccc(S(C)(=O)=O)cc1C(=O)N1CC2CC2(c2nc(C(F)(F)F)n(C)n2)C1)C(C)(F)F.CCS(=O)(=O)c1ccc(OC(C)C(C)(F)F)c(C(=O)N2CC3CC3(c3noc(C(F)(F)F)n3)C2)c1. The van der Waals surface area contributed by atoms with E-state index in [-0.39, 0.29) is 190 Å². The molecule has 0 N–H and O–H groups in total. The molecule has 4 saturated carbocycles. The zero-order chi connectivity index (χ0) is 102. The molecule has 4 saturated heterocycles. The number of ether oxygens (including phenoxy) is 4. The van der Waals surface area contributed by atoms with Crippen molar-refractivity contribution in [2.45, 2.75) is 206 Å². The summed E-state index contributed by atoms with van der Waals surface area (Å²) in [6.07, 6.45) is -17.3. The lowest BCUT2D eigenvalue weighted by molar-refractivity contribution is -0.160. The lowest BCUT2D eigenvalue weighted by Crippen LogP contribution is -2.35. The Labute approximate surface area is 781 Å². The van der Waals surface area contributed by atoms with Gasteiger partial charge in [-0.3, -0.25) is 19.2 Å². The smallest absolute Gasteiger partial charge is 0.471 e. The Kier molecular flexibility index (Phi) is 27.4. The van der Waals surface area contributed by atoms with Gasteiger partial charge in [-0.25, -0.2) is 66.2 Å². The molecule has 17 rings (SSSR count). The molecule has 4 aliphatic carbocycles. The molecule has 53 heteroatoms. The van der Waals surface area contributed by atoms with Gasteiger partial charge < -0.3 is 56.5 Å².